The first-order valence-electron chi connectivity index (χ1n) is 7.57. The van der Waals surface area contributed by atoms with Crippen molar-refractivity contribution in [3.05, 3.63) is 64.2 Å². The third kappa shape index (κ3) is 4.35. The van der Waals surface area contributed by atoms with E-state index in [0.29, 0.717) is 29.9 Å². The number of nitro benzene ring substituents is 1. The largest absolute Gasteiger partial charge is 0.506 e. The molecule has 0 radical (unpaired) electrons. The van der Waals surface area contributed by atoms with Crippen molar-refractivity contribution in [1.29, 1.82) is 0 Å². The molecule has 0 bridgehead atoms. The second kappa shape index (κ2) is 7.96. The number of ether oxygens (including phenoxy) is 1. The van der Waals surface area contributed by atoms with Crippen LogP contribution in [0.1, 0.15) is 18.1 Å². The summed E-state index contributed by atoms with van der Waals surface area (Å²) in [7, 11) is 0. The number of phenols is 2. The highest BCUT2D eigenvalue weighted by molar-refractivity contribution is 5.84. The SMILES string of the molecule is C=CCc1cc(C=Nc2cc([N+](=O)[O-])ccc2O)cc(OCC)c1O. The maximum atomic E-state index is 10.8. The lowest BCUT2D eigenvalue weighted by molar-refractivity contribution is -0.384. The van der Waals surface area contributed by atoms with Crippen LogP contribution in [-0.4, -0.2) is 28.0 Å². The van der Waals surface area contributed by atoms with Crippen LogP contribution in [0.3, 0.4) is 0 Å². The van der Waals surface area contributed by atoms with Crippen LogP contribution in [0.2, 0.25) is 0 Å². The number of benzene rings is 2. The van der Waals surface area contributed by atoms with Gasteiger partial charge in [-0.2, -0.15) is 0 Å². The van der Waals surface area contributed by atoms with E-state index in [9.17, 15) is 20.3 Å². The van der Waals surface area contributed by atoms with Gasteiger partial charge in [-0.3, -0.25) is 15.1 Å². The number of non-ortho nitro benzene ring substituents is 1. The first-order valence-corrected chi connectivity index (χ1v) is 7.57. The van der Waals surface area contributed by atoms with Crippen LogP contribution < -0.4 is 4.74 Å². The second-order valence-electron chi connectivity index (χ2n) is 5.14. The summed E-state index contributed by atoms with van der Waals surface area (Å²) in [5.74, 6) is 0.181. The summed E-state index contributed by atoms with van der Waals surface area (Å²) in [6, 6.07) is 6.90. The Hall–Kier alpha value is -3.35. The van der Waals surface area contributed by atoms with Gasteiger partial charge in [0.2, 0.25) is 0 Å². The third-order valence-electron chi connectivity index (χ3n) is 3.36. The molecule has 0 atom stereocenters. The number of aliphatic imine (C=N–C) groups is 1. The molecule has 0 saturated heterocycles. The van der Waals surface area contributed by atoms with Gasteiger partial charge in [-0.05, 0) is 37.1 Å². The molecule has 0 heterocycles. The van der Waals surface area contributed by atoms with E-state index in [2.05, 4.69) is 11.6 Å². The topological polar surface area (TPSA) is 105 Å². The van der Waals surface area contributed by atoms with Crippen LogP contribution in [0.5, 0.6) is 17.2 Å². The van der Waals surface area contributed by atoms with E-state index in [4.69, 9.17) is 4.74 Å². The van der Waals surface area contributed by atoms with Gasteiger partial charge in [0.25, 0.3) is 5.69 Å². The first-order chi connectivity index (χ1) is 12.0. The number of nitro groups is 1. The average molecular weight is 342 g/mol. The Bertz CT molecular complexity index is 830. The normalized spacial score (nSPS) is 10.8. The Morgan fingerprint density at radius 1 is 1.32 bits per heavy atom. The third-order valence-corrected chi connectivity index (χ3v) is 3.36. The van der Waals surface area contributed by atoms with Gasteiger partial charge in [0, 0.05) is 23.9 Å². The fraction of sp³-hybridized carbons (Fsp3) is 0.167. The van der Waals surface area contributed by atoms with Crippen molar-refractivity contribution in [3.63, 3.8) is 0 Å². The monoisotopic (exact) mass is 342 g/mol. The smallest absolute Gasteiger partial charge is 0.271 e. The fourth-order valence-electron chi connectivity index (χ4n) is 2.21. The zero-order chi connectivity index (χ0) is 18.4. The van der Waals surface area contributed by atoms with Gasteiger partial charge in [0.05, 0.1) is 11.5 Å². The number of phenolic OH excluding ortho intramolecular Hbond substituents is 2. The van der Waals surface area contributed by atoms with E-state index >= 15 is 0 Å². The minimum absolute atomic E-state index is 0.0390. The van der Waals surface area contributed by atoms with Crippen molar-refractivity contribution in [2.45, 2.75) is 13.3 Å². The summed E-state index contributed by atoms with van der Waals surface area (Å²) in [5, 5.41) is 30.8. The van der Waals surface area contributed by atoms with Gasteiger partial charge in [-0.15, -0.1) is 6.58 Å². The molecule has 0 fully saturated rings. The Kier molecular flexibility index (Phi) is 5.73. The van der Waals surface area contributed by atoms with Gasteiger partial charge >= 0.3 is 0 Å². The van der Waals surface area contributed by atoms with E-state index in [-0.39, 0.29) is 22.9 Å². The van der Waals surface area contributed by atoms with Crippen molar-refractivity contribution >= 4 is 17.6 Å². The lowest BCUT2D eigenvalue weighted by Crippen LogP contribution is -1.96. The average Bonchev–Trinajstić information content (AvgIpc) is 2.58. The van der Waals surface area contributed by atoms with Crippen molar-refractivity contribution < 1.29 is 19.9 Å². The molecule has 2 N–H and O–H groups in total. The van der Waals surface area contributed by atoms with Crippen LogP contribution in [0.15, 0.2) is 48.0 Å². The fourth-order valence-corrected chi connectivity index (χ4v) is 2.21. The quantitative estimate of drug-likeness (QED) is 0.344. The summed E-state index contributed by atoms with van der Waals surface area (Å²) in [5.41, 5.74) is 1.14. The highest BCUT2D eigenvalue weighted by Crippen LogP contribution is 2.33. The summed E-state index contributed by atoms with van der Waals surface area (Å²) >= 11 is 0. The molecule has 2 aromatic carbocycles. The Balaban J connectivity index is 2.42. The molecule has 0 amide bonds. The minimum Gasteiger partial charge on any atom is -0.506 e. The number of rotatable bonds is 7. The molecule has 2 rings (SSSR count). The van der Waals surface area contributed by atoms with Gasteiger partial charge in [0.1, 0.15) is 11.4 Å². The number of hydrogen-bond acceptors (Lipinski definition) is 6. The Morgan fingerprint density at radius 2 is 2.08 bits per heavy atom. The standard InChI is InChI=1S/C18H18N2O5/c1-3-5-13-8-12(9-17(18(13)22)25-4-2)11-19-15-10-14(20(23)24)6-7-16(15)21/h3,6-11,21-22H,1,4-5H2,2H3. The van der Waals surface area contributed by atoms with Crippen LogP contribution in [0, 0.1) is 10.1 Å². The van der Waals surface area contributed by atoms with Gasteiger partial charge in [0.15, 0.2) is 11.5 Å². The molecule has 7 heteroatoms. The van der Waals surface area contributed by atoms with Crippen molar-refractivity contribution in [2.24, 2.45) is 4.99 Å². The predicted octanol–water partition coefficient (Wildman–Crippen LogP) is 3.88. The lowest BCUT2D eigenvalue weighted by Gasteiger charge is -2.10. The van der Waals surface area contributed by atoms with Gasteiger partial charge in [-0.1, -0.05) is 6.08 Å². The van der Waals surface area contributed by atoms with Crippen LogP contribution in [-0.2, 0) is 6.42 Å². The zero-order valence-electron chi connectivity index (χ0n) is 13.7. The number of allylic oxidation sites excluding steroid dienone is 1. The van der Waals surface area contributed by atoms with Crippen molar-refractivity contribution in [3.8, 4) is 17.2 Å². The molecule has 0 aliphatic rings. The lowest BCUT2D eigenvalue weighted by atomic mass is 10.1. The van der Waals surface area contributed by atoms with Gasteiger partial charge in [-0.25, -0.2) is 0 Å². The zero-order valence-corrected chi connectivity index (χ0v) is 13.7. The van der Waals surface area contributed by atoms with E-state index in [0.717, 1.165) is 0 Å². The molecule has 0 unspecified atom stereocenters. The molecule has 2 aromatic rings. The molecule has 25 heavy (non-hydrogen) atoms. The first kappa shape index (κ1) is 18.0. The van der Waals surface area contributed by atoms with Crippen LogP contribution in [0.25, 0.3) is 0 Å². The number of aromatic hydroxyl groups is 2. The Labute approximate surface area is 144 Å². The second-order valence-corrected chi connectivity index (χ2v) is 5.14. The number of hydrogen-bond donors (Lipinski definition) is 2. The van der Waals surface area contributed by atoms with E-state index in [1.807, 2.05) is 0 Å². The number of nitrogens with zero attached hydrogens (tertiary/aromatic N) is 2. The van der Waals surface area contributed by atoms with Crippen LogP contribution >= 0.6 is 0 Å². The van der Waals surface area contributed by atoms with Crippen LogP contribution in [0.4, 0.5) is 11.4 Å². The predicted molar refractivity (Wildman–Crippen MR) is 95.2 cm³/mol. The molecular weight excluding hydrogens is 324 g/mol. The molecule has 0 aromatic heterocycles. The van der Waals surface area contributed by atoms with E-state index in [1.54, 1.807) is 25.1 Å². The molecule has 7 nitrogen and oxygen atoms in total. The summed E-state index contributed by atoms with van der Waals surface area (Å²) < 4.78 is 5.41. The maximum absolute atomic E-state index is 10.8. The highest BCUT2D eigenvalue weighted by atomic mass is 16.6. The van der Waals surface area contributed by atoms with E-state index in [1.165, 1.54) is 24.4 Å². The highest BCUT2D eigenvalue weighted by Gasteiger charge is 2.11. The minimum atomic E-state index is -0.561. The molecule has 130 valence electrons. The van der Waals surface area contributed by atoms with Crippen molar-refractivity contribution in [1.82, 2.24) is 0 Å². The Morgan fingerprint density at radius 3 is 2.72 bits per heavy atom. The summed E-state index contributed by atoms with van der Waals surface area (Å²) in [4.78, 5) is 14.4. The molecule has 0 saturated carbocycles. The van der Waals surface area contributed by atoms with E-state index < -0.39 is 4.92 Å². The molecule has 0 aliphatic heterocycles. The summed E-state index contributed by atoms with van der Waals surface area (Å²) in [6.07, 6.45) is 3.53. The maximum Gasteiger partial charge on any atom is 0.271 e. The van der Waals surface area contributed by atoms with Crippen molar-refractivity contribution in [2.75, 3.05) is 6.61 Å². The molecule has 0 spiro atoms. The van der Waals surface area contributed by atoms with Gasteiger partial charge < -0.3 is 14.9 Å². The molecular formula is C18H18N2O5. The molecule has 0 aliphatic carbocycles. The summed E-state index contributed by atoms with van der Waals surface area (Å²) in [6.45, 7) is 5.83.